The Labute approximate surface area is 164 Å². The van der Waals surface area contributed by atoms with Gasteiger partial charge in [-0.15, -0.1) is 0 Å². The third-order valence-corrected chi connectivity index (χ3v) is 9.20. The molecule has 0 aliphatic heterocycles. The van der Waals surface area contributed by atoms with Crippen LogP contribution in [0.25, 0.3) is 0 Å². The van der Waals surface area contributed by atoms with Gasteiger partial charge in [-0.3, -0.25) is 4.79 Å². The van der Waals surface area contributed by atoms with Crippen molar-refractivity contribution in [3.63, 3.8) is 0 Å². The van der Waals surface area contributed by atoms with E-state index in [-0.39, 0.29) is 12.4 Å². The molecule has 0 heterocycles. The van der Waals surface area contributed by atoms with Gasteiger partial charge in [-0.1, -0.05) is 25.5 Å². The highest BCUT2D eigenvalue weighted by molar-refractivity contribution is 5.76. The molecule has 0 radical (unpaired) electrons. The summed E-state index contributed by atoms with van der Waals surface area (Å²) < 4.78 is 5.77. The molecule has 4 rings (SSSR count). The summed E-state index contributed by atoms with van der Waals surface area (Å²) in [6, 6.07) is 0. The van der Waals surface area contributed by atoms with Crippen LogP contribution in [-0.2, 0) is 9.53 Å². The van der Waals surface area contributed by atoms with E-state index < -0.39 is 5.60 Å². The Bertz CT molecular complexity index is 636. The SMILES string of the molecule is CC(=O)COC[C@H]1CCC2C3CC=C4C[C@@](C)(O)CC[C@]4(C)C3CC[C@@]21C. The number of fused-ring (bicyclic) bond motifs is 5. The van der Waals surface area contributed by atoms with Crippen molar-refractivity contribution in [1.29, 1.82) is 0 Å². The maximum Gasteiger partial charge on any atom is 0.155 e. The first-order valence-corrected chi connectivity index (χ1v) is 11.1. The fraction of sp³-hybridized carbons (Fsp3) is 0.875. The van der Waals surface area contributed by atoms with Gasteiger partial charge < -0.3 is 9.84 Å². The molecule has 3 saturated carbocycles. The van der Waals surface area contributed by atoms with Gasteiger partial charge in [-0.25, -0.2) is 0 Å². The molecule has 3 fully saturated rings. The third-order valence-electron chi connectivity index (χ3n) is 9.20. The minimum atomic E-state index is -0.506. The number of ether oxygens (including phenoxy) is 1. The molecule has 7 atom stereocenters. The summed E-state index contributed by atoms with van der Waals surface area (Å²) in [5.74, 6) is 3.10. The van der Waals surface area contributed by atoms with E-state index in [1.54, 1.807) is 12.5 Å². The van der Waals surface area contributed by atoms with E-state index in [0.717, 1.165) is 43.6 Å². The number of carbonyl (C=O) groups excluding carboxylic acids is 1. The minimum absolute atomic E-state index is 0.129. The summed E-state index contributed by atoms with van der Waals surface area (Å²) in [7, 11) is 0. The molecule has 3 heteroatoms. The van der Waals surface area contributed by atoms with Crippen LogP contribution in [0.2, 0.25) is 0 Å². The zero-order chi connectivity index (χ0) is 19.4. The largest absolute Gasteiger partial charge is 0.390 e. The molecular formula is C24H38O3. The normalized spacial score (nSPS) is 49.0. The third kappa shape index (κ3) is 3.23. The average molecular weight is 375 g/mol. The lowest BCUT2D eigenvalue weighted by molar-refractivity contribution is -0.123. The molecule has 4 aliphatic carbocycles. The molecule has 1 N–H and O–H groups in total. The van der Waals surface area contributed by atoms with Crippen LogP contribution in [-0.4, -0.2) is 29.7 Å². The second-order valence-corrected chi connectivity index (χ2v) is 11.0. The molecule has 0 aromatic carbocycles. The van der Waals surface area contributed by atoms with E-state index in [0.29, 0.717) is 16.7 Å². The maximum absolute atomic E-state index is 11.2. The van der Waals surface area contributed by atoms with Gasteiger partial charge in [0.15, 0.2) is 5.78 Å². The highest BCUT2D eigenvalue weighted by Gasteiger charge is 2.59. The van der Waals surface area contributed by atoms with Crippen molar-refractivity contribution in [3.8, 4) is 0 Å². The molecule has 3 nitrogen and oxygen atoms in total. The molecule has 27 heavy (non-hydrogen) atoms. The number of ketones is 1. The molecular weight excluding hydrogens is 336 g/mol. The zero-order valence-corrected chi connectivity index (χ0v) is 17.7. The predicted octanol–water partition coefficient (Wildman–Crippen LogP) is 4.92. The van der Waals surface area contributed by atoms with Crippen molar-refractivity contribution >= 4 is 5.78 Å². The van der Waals surface area contributed by atoms with Crippen molar-refractivity contribution in [2.24, 2.45) is 34.5 Å². The van der Waals surface area contributed by atoms with Gasteiger partial charge in [-0.2, -0.15) is 0 Å². The van der Waals surface area contributed by atoms with E-state index in [9.17, 15) is 9.90 Å². The van der Waals surface area contributed by atoms with E-state index in [2.05, 4.69) is 19.9 Å². The lowest BCUT2D eigenvalue weighted by Crippen LogP contribution is -2.52. The van der Waals surface area contributed by atoms with Gasteiger partial charge in [0.25, 0.3) is 0 Å². The summed E-state index contributed by atoms with van der Waals surface area (Å²) in [6.07, 6.45) is 11.9. The molecule has 0 aromatic rings. The van der Waals surface area contributed by atoms with Crippen LogP contribution >= 0.6 is 0 Å². The molecule has 0 aromatic heterocycles. The lowest BCUT2D eigenvalue weighted by Gasteiger charge is -2.58. The molecule has 0 spiro atoms. The maximum atomic E-state index is 11.2. The summed E-state index contributed by atoms with van der Waals surface area (Å²) >= 11 is 0. The van der Waals surface area contributed by atoms with Crippen molar-refractivity contribution in [1.82, 2.24) is 0 Å². The first-order chi connectivity index (χ1) is 12.7. The summed E-state index contributed by atoms with van der Waals surface area (Å²) in [5.41, 5.74) is 1.71. The van der Waals surface area contributed by atoms with Gasteiger partial charge >= 0.3 is 0 Å². The first kappa shape index (κ1) is 19.6. The summed E-state index contributed by atoms with van der Waals surface area (Å²) in [4.78, 5) is 11.2. The van der Waals surface area contributed by atoms with Crippen LogP contribution in [0.5, 0.6) is 0 Å². The number of rotatable bonds is 4. The van der Waals surface area contributed by atoms with E-state index in [4.69, 9.17) is 4.74 Å². The van der Waals surface area contributed by atoms with Crippen molar-refractivity contribution in [2.75, 3.05) is 13.2 Å². The van der Waals surface area contributed by atoms with Gasteiger partial charge in [0.1, 0.15) is 6.61 Å². The van der Waals surface area contributed by atoms with Crippen LogP contribution in [0.3, 0.4) is 0 Å². The number of carbonyl (C=O) groups is 1. The van der Waals surface area contributed by atoms with E-state index >= 15 is 0 Å². The second kappa shape index (κ2) is 6.69. The van der Waals surface area contributed by atoms with Crippen molar-refractivity contribution in [2.45, 2.75) is 84.7 Å². The Morgan fingerprint density at radius 2 is 1.93 bits per heavy atom. The number of hydrogen-bond donors (Lipinski definition) is 1. The van der Waals surface area contributed by atoms with Crippen LogP contribution in [0.4, 0.5) is 0 Å². The topological polar surface area (TPSA) is 46.5 Å². The summed E-state index contributed by atoms with van der Waals surface area (Å²) in [6.45, 7) is 9.66. The first-order valence-electron chi connectivity index (χ1n) is 11.1. The number of allylic oxidation sites excluding steroid dienone is 1. The Hall–Kier alpha value is -0.670. The smallest absolute Gasteiger partial charge is 0.155 e. The van der Waals surface area contributed by atoms with Crippen LogP contribution < -0.4 is 0 Å². The van der Waals surface area contributed by atoms with Crippen molar-refractivity contribution < 1.29 is 14.6 Å². The Balaban J connectivity index is 1.52. The molecule has 4 aliphatic rings. The fourth-order valence-corrected chi connectivity index (χ4v) is 7.53. The molecule has 3 unspecified atom stereocenters. The average Bonchev–Trinajstić information content (AvgIpc) is 2.92. The highest BCUT2D eigenvalue weighted by atomic mass is 16.5. The zero-order valence-electron chi connectivity index (χ0n) is 17.7. The minimum Gasteiger partial charge on any atom is -0.390 e. The Morgan fingerprint density at radius 1 is 1.15 bits per heavy atom. The van der Waals surface area contributed by atoms with E-state index in [1.165, 1.54) is 32.1 Å². The fourth-order valence-electron chi connectivity index (χ4n) is 7.53. The van der Waals surface area contributed by atoms with Gasteiger partial charge in [0.2, 0.25) is 0 Å². The van der Waals surface area contributed by atoms with Gasteiger partial charge in [-0.05, 0) is 99.7 Å². The number of aliphatic hydroxyl groups is 1. The molecule has 0 amide bonds. The number of hydrogen-bond acceptors (Lipinski definition) is 3. The standard InChI is InChI=1S/C24H38O3/c1-16(25)14-27-15-18-6-8-20-19-7-5-17-13-22(2,26)11-12-24(17,4)21(19)9-10-23(18,20)3/h5,18-21,26H,6-15H2,1-4H3/t18-,19?,20?,21?,22+,23-,24+/m1/s1. The van der Waals surface area contributed by atoms with Gasteiger partial charge in [0.05, 0.1) is 12.2 Å². The van der Waals surface area contributed by atoms with Crippen LogP contribution in [0, 0.1) is 34.5 Å². The quantitative estimate of drug-likeness (QED) is 0.710. The van der Waals surface area contributed by atoms with Crippen LogP contribution in [0.1, 0.15) is 79.1 Å². The van der Waals surface area contributed by atoms with Crippen molar-refractivity contribution in [3.05, 3.63) is 11.6 Å². The van der Waals surface area contributed by atoms with Gasteiger partial charge in [0, 0.05) is 0 Å². The van der Waals surface area contributed by atoms with E-state index in [1.807, 2.05) is 6.92 Å². The number of Topliss-reactive ketones (excluding diaryl/α,β-unsaturated/α-hetero) is 1. The van der Waals surface area contributed by atoms with Crippen LogP contribution in [0.15, 0.2) is 11.6 Å². The Kier molecular flexibility index (Phi) is 4.87. The summed E-state index contributed by atoms with van der Waals surface area (Å²) in [5, 5.41) is 10.6. The predicted molar refractivity (Wildman–Crippen MR) is 107 cm³/mol. The molecule has 0 bridgehead atoms. The lowest BCUT2D eigenvalue weighted by atomic mass is 9.47. The molecule has 0 saturated heterocycles. The second-order valence-electron chi connectivity index (χ2n) is 11.0. The molecule has 152 valence electrons. The Morgan fingerprint density at radius 3 is 2.67 bits per heavy atom. The monoisotopic (exact) mass is 374 g/mol. The highest BCUT2D eigenvalue weighted by Crippen LogP contribution is 2.66.